The molecule has 134 valence electrons. The van der Waals surface area contributed by atoms with Crippen LogP contribution >= 0.6 is 11.3 Å². The van der Waals surface area contributed by atoms with Crippen LogP contribution in [0, 0.1) is 0 Å². The standard InChI is InChI=1S/C17H19NO5S2/c1-23-17(20)14-9-10-24-16(14)18-15(19)8-5-11-25(21,22)12-13-6-3-2-4-7-13/h2-4,6-7,9-10H,5,8,11-12H2,1H3,(H,18,19). The summed E-state index contributed by atoms with van der Waals surface area (Å²) in [5, 5.41) is 4.70. The van der Waals surface area contributed by atoms with E-state index in [-0.39, 0.29) is 35.8 Å². The fourth-order valence-corrected chi connectivity index (χ4v) is 4.44. The van der Waals surface area contributed by atoms with Crippen molar-refractivity contribution in [3.63, 3.8) is 0 Å². The second-order valence-electron chi connectivity index (χ2n) is 5.38. The van der Waals surface area contributed by atoms with Crippen LogP contribution < -0.4 is 5.32 Å². The van der Waals surface area contributed by atoms with Gasteiger partial charge < -0.3 is 10.1 Å². The minimum atomic E-state index is -3.27. The average Bonchev–Trinajstić information content (AvgIpc) is 3.02. The van der Waals surface area contributed by atoms with Gasteiger partial charge in [0.1, 0.15) is 5.00 Å². The molecule has 25 heavy (non-hydrogen) atoms. The number of carbonyl (C=O) groups excluding carboxylic acids is 2. The van der Waals surface area contributed by atoms with E-state index in [0.717, 1.165) is 5.56 Å². The zero-order valence-corrected chi connectivity index (χ0v) is 15.4. The predicted octanol–water partition coefficient (Wildman–Crippen LogP) is 2.87. The summed E-state index contributed by atoms with van der Waals surface area (Å²) < 4.78 is 28.8. The third kappa shape index (κ3) is 5.99. The summed E-state index contributed by atoms with van der Waals surface area (Å²) in [6.07, 6.45) is 0.284. The molecule has 1 aromatic carbocycles. The van der Waals surface area contributed by atoms with Gasteiger partial charge in [-0.05, 0) is 23.4 Å². The molecule has 0 aliphatic rings. The average molecular weight is 381 g/mol. The number of anilines is 1. The Kier molecular flexibility index (Phi) is 6.72. The lowest BCUT2D eigenvalue weighted by atomic mass is 10.2. The molecule has 0 spiro atoms. The number of ether oxygens (including phenoxy) is 1. The van der Waals surface area contributed by atoms with Crippen molar-refractivity contribution in [1.82, 2.24) is 0 Å². The van der Waals surface area contributed by atoms with E-state index >= 15 is 0 Å². The van der Waals surface area contributed by atoms with Crippen LogP contribution in [0.4, 0.5) is 5.00 Å². The molecule has 0 aliphatic heterocycles. The van der Waals surface area contributed by atoms with E-state index in [4.69, 9.17) is 0 Å². The lowest BCUT2D eigenvalue weighted by molar-refractivity contribution is -0.116. The quantitative estimate of drug-likeness (QED) is 0.710. The van der Waals surface area contributed by atoms with Crippen LogP contribution in [-0.4, -0.2) is 33.2 Å². The highest BCUT2D eigenvalue weighted by Crippen LogP contribution is 2.24. The number of hydrogen-bond donors (Lipinski definition) is 1. The van der Waals surface area contributed by atoms with Gasteiger partial charge in [0.15, 0.2) is 9.84 Å². The van der Waals surface area contributed by atoms with Crippen LogP contribution in [0.25, 0.3) is 0 Å². The number of amides is 1. The topological polar surface area (TPSA) is 89.5 Å². The molecule has 8 heteroatoms. The zero-order valence-electron chi connectivity index (χ0n) is 13.7. The second-order valence-corrected chi connectivity index (χ2v) is 8.48. The first-order chi connectivity index (χ1) is 11.9. The highest BCUT2D eigenvalue weighted by Gasteiger charge is 2.16. The SMILES string of the molecule is COC(=O)c1ccsc1NC(=O)CCCS(=O)(=O)Cc1ccccc1. The number of benzene rings is 1. The third-order valence-corrected chi connectivity index (χ3v) is 5.93. The van der Waals surface area contributed by atoms with E-state index in [0.29, 0.717) is 5.00 Å². The van der Waals surface area contributed by atoms with E-state index in [2.05, 4.69) is 10.1 Å². The Labute approximate surface area is 150 Å². The largest absolute Gasteiger partial charge is 0.465 e. The molecule has 1 heterocycles. The second kappa shape index (κ2) is 8.77. The monoisotopic (exact) mass is 381 g/mol. The number of carbonyl (C=O) groups is 2. The van der Waals surface area contributed by atoms with Crippen molar-refractivity contribution in [2.75, 3.05) is 18.2 Å². The number of esters is 1. The van der Waals surface area contributed by atoms with E-state index < -0.39 is 15.8 Å². The zero-order chi connectivity index (χ0) is 18.3. The smallest absolute Gasteiger partial charge is 0.340 e. The Hall–Kier alpha value is -2.19. The Morgan fingerprint density at radius 1 is 1.16 bits per heavy atom. The Morgan fingerprint density at radius 2 is 1.88 bits per heavy atom. The molecule has 0 aliphatic carbocycles. The molecule has 0 unspecified atom stereocenters. The highest BCUT2D eigenvalue weighted by molar-refractivity contribution is 7.90. The van der Waals surface area contributed by atoms with Crippen molar-refractivity contribution < 1.29 is 22.7 Å². The van der Waals surface area contributed by atoms with Gasteiger partial charge in [-0.1, -0.05) is 30.3 Å². The molecule has 0 bridgehead atoms. The van der Waals surface area contributed by atoms with Gasteiger partial charge in [0, 0.05) is 6.42 Å². The number of rotatable bonds is 8. The molecule has 0 atom stereocenters. The lowest BCUT2D eigenvalue weighted by Gasteiger charge is -2.06. The molecular weight excluding hydrogens is 362 g/mol. The molecule has 2 aromatic rings. The Balaban J connectivity index is 1.82. The fourth-order valence-electron chi connectivity index (χ4n) is 2.22. The van der Waals surface area contributed by atoms with E-state index in [1.165, 1.54) is 18.4 Å². The van der Waals surface area contributed by atoms with Crippen molar-refractivity contribution in [3.05, 3.63) is 52.9 Å². The number of sulfone groups is 1. The molecule has 6 nitrogen and oxygen atoms in total. The Bertz CT molecular complexity index is 828. The molecule has 1 aromatic heterocycles. The van der Waals surface area contributed by atoms with Crippen molar-refractivity contribution in [2.24, 2.45) is 0 Å². The first-order valence-corrected chi connectivity index (χ1v) is 10.3. The third-order valence-electron chi connectivity index (χ3n) is 3.41. The van der Waals surface area contributed by atoms with Gasteiger partial charge in [0.25, 0.3) is 0 Å². The van der Waals surface area contributed by atoms with Crippen LogP contribution in [0.15, 0.2) is 41.8 Å². The summed E-state index contributed by atoms with van der Waals surface area (Å²) in [5.74, 6) is -0.958. The van der Waals surface area contributed by atoms with Gasteiger partial charge >= 0.3 is 5.97 Å². The van der Waals surface area contributed by atoms with E-state index in [1.807, 2.05) is 6.07 Å². The summed E-state index contributed by atoms with van der Waals surface area (Å²) >= 11 is 1.21. The summed E-state index contributed by atoms with van der Waals surface area (Å²) in [6.45, 7) is 0. The normalized spacial score (nSPS) is 11.1. The van der Waals surface area contributed by atoms with Crippen molar-refractivity contribution >= 4 is 38.1 Å². The summed E-state index contributed by atoms with van der Waals surface area (Å²) in [6, 6.07) is 10.5. The molecule has 0 radical (unpaired) electrons. The minimum absolute atomic E-state index is 0.0348. The van der Waals surface area contributed by atoms with Crippen molar-refractivity contribution in [2.45, 2.75) is 18.6 Å². The highest BCUT2D eigenvalue weighted by atomic mass is 32.2. The molecule has 2 rings (SSSR count). The summed E-state index contributed by atoms with van der Waals surface area (Å²) in [4.78, 5) is 23.5. The fraction of sp³-hybridized carbons (Fsp3) is 0.294. The van der Waals surface area contributed by atoms with Gasteiger partial charge in [-0.2, -0.15) is 0 Å². The Morgan fingerprint density at radius 3 is 2.56 bits per heavy atom. The van der Waals surface area contributed by atoms with Gasteiger partial charge in [0.2, 0.25) is 5.91 Å². The molecule has 1 N–H and O–H groups in total. The lowest BCUT2D eigenvalue weighted by Crippen LogP contribution is -2.16. The van der Waals surface area contributed by atoms with E-state index in [1.54, 1.807) is 35.7 Å². The van der Waals surface area contributed by atoms with Gasteiger partial charge in [0.05, 0.1) is 24.2 Å². The number of hydrogen-bond acceptors (Lipinski definition) is 6. The maximum atomic E-state index is 12.1. The molecular formula is C17H19NO5S2. The number of nitrogens with one attached hydrogen (secondary N) is 1. The summed E-state index contributed by atoms with van der Waals surface area (Å²) in [5.41, 5.74) is 1.02. The van der Waals surface area contributed by atoms with Crippen molar-refractivity contribution in [1.29, 1.82) is 0 Å². The molecule has 0 saturated carbocycles. The van der Waals surface area contributed by atoms with E-state index in [9.17, 15) is 18.0 Å². The summed E-state index contributed by atoms with van der Waals surface area (Å²) in [7, 11) is -2.00. The van der Waals surface area contributed by atoms with Gasteiger partial charge in [-0.25, -0.2) is 13.2 Å². The predicted molar refractivity (Wildman–Crippen MR) is 97.5 cm³/mol. The maximum Gasteiger partial charge on any atom is 0.340 e. The van der Waals surface area contributed by atoms with Crippen molar-refractivity contribution in [3.8, 4) is 0 Å². The number of methoxy groups -OCH3 is 1. The minimum Gasteiger partial charge on any atom is -0.465 e. The maximum absolute atomic E-state index is 12.1. The van der Waals surface area contributed by atoms with Crippen LogP contribution in [0.5, 0.6) is 0 Å². The van der Waals surface area contributed by atoms with Crippen LogP contribution in [0.3, 0.4) is 0 Å². The van der Waals surface area contributed by atoms with Crippen LogP contribution in [-0.2, 0) is 25.1 Å². The van der Waals surface area contributed by atoms with Crippen LogP contribution in [0.1, 0.15) is 28.8 Å². The van der Waals surface area contributed by atoms with Gasteiger partial charge in [-0.15, -0.1) is 11.3 Å². The first-order valence-electron chi connectivity index (χ1n) is 7.61. The number of thiophene rings is 1. The van der Waals surface area contributed by atoms with Crippen LogP contribution in [0.2, 0.25) is 0 Å². The molecule has 0 saturated heterocycles. The molecule has 0 fully saturated rings. The van der Waals surface area contributed by atoms with Gasteiger partial charge in [-0.3, -0.25) is 4.79 Å². The molecule has 1 amide bonds. The first kappa shape index (κ1) is 19.1.